The molecule has 1 fully saturated rings. The second kappa shape index (κ2) is 8.59. The van der Waals surface area contributed by atoms with Crippen molar-refractivity contribution in [3.63, 3.8) is 0 Å². The van der Waals surface area contributed by atoms with Crippen LogP contribution in [0.15, 0.2) is 36.4 Å². The number of nitrogens with zero attached hydrogens (tertiary/aromatic N) is 2. The molecule has 7 heteroatoms. The number of carbonyl (C=O) groups is 1. The molecule has 0 saturated carbocycles. The minimum Gasteiger partial charge on any atom is -0.493 e. The van der Waals surface area contributed by atoms with E-state index < -0.39 is 0 Å². The zero-order valence-corrected chi connectivity index (χ0v) is 18.1. The topological polar surface area (TPSA) is 51.7 Å². The number of hydrogen-bond acceptors (Lipinski definition) is 5. The molecule has 1 atom stereocenters. The molecule has 2 heterocycles. The van der Waals surface area contributed by atoms with Crippen LogP contribution in [0.3, 0.4) is 0 Å². The predicted octanol–water partition coefficient (Wildman–Crippen LogP) is 5.38. The zero-order valence-electron chi connectivity index (χ0n) is 16.5. The third kappa shape index (κ3) is 4.05. The van der Waals surface area contributed by atoms with Gasteiger partial charge in [-0.3, -0.25) is 4.79 Å². The molecule has 1 aliphatic rings. The Morgan fingerprint density at radius 1 is 1.34 bits per heavy atom. The van der Waals surface area contributed by atoms with Gasteiger partial charge in [-0.2, -0.15) is 0 Å². The van der Waals surface area contributed by atoms with Crippen LogP contribution in [0.2, 0.25) is 5.02 Å². The van der Waals surface area contributed by atoms with E-state index in [-0.39, 0.29) is 11.8 Å². The summed E-state index contributed by atoms with van der Waals surface area (Å²) in [6, 6.07) is 11.5. The molecule has 0 bridgehead atoms. The normalized spacial score (nSPS) is 16.8. The van der Waals surface area contributed by atoms with E-state index in [1.165, 1.54) is 4.70 Å². The van der Waals surface area contributed by atoms with E-state index in [9.17, 15) is 4.79 Å². The summed E-state index contributed by atoms with van der Waals surface area (Å²) in [5.74, 6) is 1.16. The molecule has 0 radical (unpaired) electrons. The van der Waals surface area contributed by atoms with Crippen LogP contribution in [0, 0.1) is 0 Å². The van der Waals surface area contributed by atoms with Gasteiger partial charge in [-0.15, -0.1) is 11.3 Å². The Balaban J connectivity index is 1.56. The van der Waals surface area contributed by atoms with Crippen molar-refractivity contribution in [2.45, 2.75) is 25.7 Å². The lowest BCUT2D eigenvalue weighted by atomic mass is 9.98. The van der Waals surface area contributed by atoms with Gasteiger partial charge in [0.05, 0.1) is 34.0 Å². The molecule has 4 rings (SSSR count). The Labute approximate surface area is 179 Å². The highest BCUT2D eigenvalue weighted by Gasteiger charge is 2.28. The van der Waals surface area contributed by atoms with Crippen molar-refractivity contribution >= 4 is 39.1 Å². The highest BCUT2D eigenvalue weighted by molar-refractivity contribution is 7.18. The molecule has 0 N–H and O–H groups in total. The van der Waals surface area contributed by atoms with Crippen molar-refractivity contribution < 1.29 is 14.3 Å². The third-order valence-electron chi connectivity index (χ3n) is 5.13. The lowest BCUT2D eigenvalue weighted by Gasteiger charge is -2.32. The maximum atomic E-state index is 13.2. The third-order valence-corrected chi connectivity index (χ3v) is 6.61. The molecule has 5 nitrogen and oxygen atoms in total. The fraction of sp³-hybridized carbons (Fsp3) is 0.364. The van der Waals surface area contributed by atoms with Gasteiger partial charge in [-0.1, -0.05) is 23.7 Å². The van der Waals surface area contributed by atoms with E-state index in [4.69, 9.17) is 26.1 Å². The van der Waals surface area contributed by atoms with Gasteiger partial charge in [0.2, 0.25) is 0 Å². The summed E-state index contributed by atoms with van der Waals surface area (Å²) < 4.78 is 12.1. The second-order valence-corrected chi connectivity index (χ2v) is 8.50. The van der Waals surface area contributed by atoms with Gasteiger partial charge in [-0.25, -0.2) is 4.98 Å². The Morgan fingerprint density at radius 2 is 2.17 bits per heavy atom. The largest absolute Gasteiger partial charge is 0.493 e. The van der Waals surface area contributed by atoms with Gasteiger partial charge in [0.25, 0.3) is 5.91 Å². The van der Waals surface area contributed by atoms with E-state index in [1.54, 1.807) is 30.6 Å². The summed E-state index contributed by atoms with van der Waals surface area (Å²) in [5.41, 5.74) is 1.54. The summed E-state index contributed by atoms with van der Waals surface area (Å²) in [4.78, 5) is 19.9. The molecule has 3 aromatic rings. The highest BCUT2D eigenvalue weighted by atomic mass is 35.5. The number of benzene rings is 2. The average Bonchev–Trinajstić information content (AvgIpc) is 3.19. The number of likely N-dealkylation sites (tertiary alicyclic amines) is 1. The van der Waals surface area contributed by atoms with Gasteiger partial charge in [0.15, 0.2) is 11.5 Å². The fourth-order valence-corrected chi connectivity index (χ4v) is 5.10. The van der Waals surface area contributed by atoms with Crippen LogP contribution in [-0.4, -0.2) is 42.6 Å². The highest BCUT2D eigenvalue weighted by Crippen LogP contribution is 2.38. The summed E-state index contributed by atoms with van der Waals surface area (Å²) in [6.45, 7) is 3.74. The van der Waals surface area contributed by atoms with Crippen molar-refractivity contribution in [3.8, 4) is 11.5 Å². The lowest BCUT2D eigenvalue weighted by Crippen LogP contribution is -2.39. The standard InChI is InChI=1S/C22H23ClN2O3S/c1-3-28-20-16(23)11-15(12-18(20)27-2)22(26)25-10-6-7-14(13-25)21-24-17-8-4-5-9-19(17)29-21/h4-5,8-9,11-12,14H,3,6-7,10,13H2,1-2H3. The summed E-state index contributed by atoms with van der Waals surface area (Å²) >= 11 is 8.08. The predicted molar refractivity (Wildman–Crippen MR) is 117 cm³/mol. The number of para-hydroxylation sites is 1. The SMILES string of the molecule is CCOc1c(Cl)cc(C(=O)N2CCCC(c3nc4ccccc4s3)C2)cc1OC. The van der Waals surface area contributed by atoms with E-state index in [0.29, 0.717) is 35.2 Å². The van der Waals surface area contributed by atoms with Crippen LogP contribution < -0.4 is 9.47 Å². The summed E-state index contributed by atoms with van der Waals surface area (Å²) in [7, 11) is 1.55. The number of ether oxygens (including phenoxy) is 2. The fourth-order valence-electron chi connectivity index (χ4n) is 3.74. The van der Waals surface area contributed by atoms with Crippen molar-refractivity contribution in [2.24, 2.45) is 0 Å². The van der Waals surface area contributed by atoms with Crippen molar-refractivity contribution in [3.05, 3.63) is 52.0 Å². The Hall–Kier alpha value is -2.31. The number of piperidine rings is 1. The minimum atomic E-state index is -0.0425. The quantitative estimate of drug-likeness (QED) is 0.545. The van der Waals surface area contributed by atoms with Crippen LogP contribution in [0.1, 0.15) is 41.0 Å². The van der Waals surface area contributed by atoms with Crippen LogP contribution in [-0.2, 0) is 0 Å². The van der Waals surface area contributed by atoms with E-state index >= 15 is 0 Å². The molecule has 29 heavy (non-hydrogen) atoms. The van der Waals surface area contributed by atoms with Crippen molar-refractivity contribution in [2.75, 3.05) is 26.8 Å². The molecule has 1 unspecified atom stereocenters. The average molecular weight is 431 g/mol. The van der Waals surface area contributed by atoms with Crippen molar-refractivity contribution in [1.82, 2.24) is 9.88 Å². The van der Waals surface area contributed by atoms with Gasteiger partial charge in [-0.05, 0) is 44.0 Å². The number of methoxy groups -OCH3 is 1. The van der Waals surface area contributed by atoms with Crippen LogP contribution in [0.4, 0.5) is 0 Å². The number of aromatic nitrogens is 1. The maximum Gasteiger partial charge on any atom is 0.254 e. The van der Waals surface area contributed by atoms with Gasteiger partial charge in [0.1, 0.15) is 0 Å². The first-order valence-corrected chi connectivity index (χ1v) is 10.9. The number of fused-ring (bicyclic) bond motifs is 1. The Morgan fingerprint density at radius 3 is 2.93 bits per heavy atom. The Bertz CT molecular complexity index is 1000. The molecular weight excluding hydrogens is 408 g/mol. The van der Waals surface area contributed by atoms with Gasteiger partial charge in [0, 0.05) is 24.6 Å². The summed E-state index contributed by atoms with van der Waals surface area (Å²) in [6.07, 6.45) is 1.99. The maximum absolute atomic E-state index is 13.2. The molecular formula is C22H23ClN2O3S. The molecule has 0 aliphatic carbocycles. The molecule has 1 aliphatic heterocycles. The zero-order chi connectivity index (χ0) is 20.4. The molecule has 1 saturated heterocycles. The smallest absolute Gasteiger partial charge is 0.254 e. The number of halogens is 1. The number of rotatable bonds is 5. The Kier molecular flexibility index (Phi) is 5.92. The second-order valence-electron chi connectivity index (χ2n) is 7.03. The first-order valence-electron chi connectivity index (χ1n) is 9.75. The molecule has 0 spiro atoms. The number of carbonyl (C=O) groups excluding carboxylic acids is 1. The van der Waals surface area contributed by atoms with E-state index in [2.05, 4.69) is 6.07 Å². The van der Waals surface area contributed by atoms with E-state index in [0.717, 1.165) is 29.9 Å². The number of amides is 1. The molecule has 2 aromatic carbocycles. The van der Waals surface area contributed by atoms with Crippen LogP contribution >= 0.6 is 22.9 Å². The van der Waals surface area contributed by atoms with E-state index in [1.807, 2.05) is 30.0 Å². The molecule has 152 valence electrons. The van der Waals surface area contributed by atoms with Gasteiger partial charge < -0.3 is 14.4 Å². The number of hydrogen-bond donors (Lipinski definition) is 0. The molecule has 1 aromatic heterocycles. The van der Waals surface area contributed by atoms with Crippen molar-refractivity contribution in [1.29, 1.82) is 0 Å². The van der Waals surface area contributed by atoms with Gasteiger partial charge >= 0.3 is 0 Å². The van der Waals surface area contributed by atoms with Crippen LogP contribution in [0.25, 0.3) is 10.2 Å². The minimum absolute atomic E-state index is 0.0425. The first kappa shape index (κ1) is 20.0. The summed E-state index contributed by atoms with van der Waals surface area (Å²) in [5, 5.41) is 1.49. The van der Waals surface area contributed by atoms with Crippen LogP contribution in [0.5, 0.6) is 11.5 Å². The molecule has 1 amide bonds. The monoisotopic (exact) mass is 430 g/mol. The lowest BCUT2D eigenvalue weighted by molar-refractivity contribution is 0.0706. The first-order chi connectivity index (χ1) is 14.1. The number of thiazole rings is 1.